The summed E-state index contributed by atoms with van der Waals surface area (Å²) in [7, 11) is 2.88. The van der Waals surface area contributed by atoms with E-state index in [1.807, 2.05) is 0 Å². The number of phenols is 2. The molecule has 0 heterocycles. The Hall–Kier alpha value is -2.69. The Balaban J connectivity index is 2.32. The molecular weight excluding hydrogens is 284 g/mol. The van der Waals surface area contributed by atoms with Gasteiger partial charge < -0.3 is 19.7 Å². The third kappa shape index (κ3) is 2.98. The van der Waals surface area contributed by atoms with Gasteiger partial charge in [0.1, 0.15) is 0 Å². The minimum Gasteiger partial charge on any atom is -0.504 e. The van der Waals surface area contributed by atoms with Gasteiger partial charge in [0.05, 0.1) is 14.2 Å². The molecule has 116 valence electrons. The number of ketones is 1. The zero-order valence-electron chi connectivity index (χ0n) is 12.7. The molecule has 0 aliphatic carbocycles. The van der Waals surface area contributed by atoms with Crippen molar-refractivity contribution in [2.24, 2.45) is 0 Å². The van der Waals surface area contributed by atoms with Crippen LogP contribution >= 0.6 is 0 Å². The lowest BCUT2D eigenvalue weighted by Gasteiger charge is -2.14. The zero-order valence-corrected chi connectivity index (χ0v) is 12.7. The topological polar surface area (TPSA) is 76.0 Å². The average molecular weight is 302 g/mol. The smallest absolute Gasteiger partial charge is 0.170 e. The van der Waals surface area contributed by atoms with Gasteiger partial charge in [0.2, 0.25) is 0 Å². The van der Waals surface area contributed by atoms with E-state index in [0.717, 1.165) is 5.56 Å². The molecule has 0 radical (unpaired) electrons. The van der Waals surface area contributed by atoms with E-state index in [0.29, 0.717) is 11.3 Å². The van der Waals surface area contributed by atoms with Crippen molar-refractivity contribution in [3.05, 3.63) is 47.5 Å². The summed E-state index contributed by atoms with van der Waals surface area (Å²) in [5.74, 6) is 0.0340. The molecule has 2 aromatic rings. The van der Waals surface area contributed by atoms with E-state index in [-0.39, 0.29) is 23.0 Å². The van der Waals surface area contributed by atoms with Gasteiger partial charge in [-0.2, -0.15) is 0 Å². The summed E-state index contributed by atoms with van der Waals surface area (Å²) in [5.41, 5.74) is 1.17. The summed E-state index contributed by atoms with van der Waals surface area (Å²) in [6.07, 6.45) is 0. The third-order valence-electron chi connectivity index (χ3n) is 3.56. The summed E-state index contributed by atoms with van der Waals surface area (Å²) in [4.78, 5) is 12.6. The Bertz CT molecular complexity index is 693. The molecule has 1 atom stereocenters. The molecule has 2 rings (SSSR count). The molecule has 0 bridgehead atoms. The van der Waals surface area contributed by atoms with Gasteiger partial charge in [0, 0.05) is 11.5 Å². The summed E-state index contributed by atoms with van der Waals surface area (Å²) < 4.78 is 10.1. The number of ether oxygens (including phenoxy) is 2. The molecule has 0 amide bonds. The molecule has 2 aromatic carbocycles. The minimum absolute atomic E-state index is 0.0157. The molecule has 0 saturated heterocycles. The van der Waals surface area contributed by atoms with E-state index < -0.39 is 5.92 Å². The van der Waals surface area contributed by atoms with Gasteiger partial charge >= 0.3 is 0 Å². The van der Waals surface area contributed by atoms with E-state index in [1.165, 1.54) is 32.4 Å². The lowest BCUT2D eigenvalue weighted by molar-refractivity contribution is 0.0965. The van der Waals surface area contributed by atoms with Crippen LogP contribution in [0.2, 0.25) is 0 Å². The van der Waals surface area contributed by atoms with Gasteiger partial charge in [-0.3, -0.25) is 4.79 Å². The van der Waals surface area contributed by atoms with Gasteiger partial charge in [-0.15, -0.1) is 0 Å². The standard InChI is InChI=1S/C17H18O5/c1-10(11-4-6-13(18)15(8-11)21-2)17(20)12-5-7-14(19)16(9-12)22-3/h4-10,18-19H,1-3H3. The second-order valence-corrected chi connectivity index (χ2v) is 4.90. The maximum atomic E-state index is 12.6. The van der Waals surface area contributed by atoms with E-state index in [4.69, 9.17) is 9.47 Å². The number of methoxy groups -OCH3 is 2. The fourth-order valence-electron chi connectivity index (χ4n) is 2.20. The largest absolute Gasteiger partial charge is 0.504 e. The van der Waals surface area contributed by atoms with Crippen LogP contribution in [0.5, 0.6) is 23.0 Å². The summed E-state index contributed by atoms with van der Waals surface area (Å²) in [6.45, 7) is 1.77. The summed E-state index contributed by atoms with van der Waals surface area (Å²) in [5, 5.41) is 19.2. The van der Waals surface area contributed by atoms with E-state index >= 15 is 0 Å². The number of rotatable bonds is 5. The van der Waals surface area contributed by atoms with Crippen molar-refractivity contribution in [2.75, 3.05) is 14.2 Å². The summed E-state index contributed by atoms with van der Waals surface area (Å²) >= 11 is 0. The summed E-state index contributed by atoms with van der Waals surface area (Å²) in [6, 6.07) is 9.29. The number of phenolic OH excluding ortho intramolecular Hbond substituents is 2. The molecule has 1 unspecified atom stereocenters. The van der Waals surface area contributed by atoms with Crippen LogP contribution in [0.15, 0.2) is 36.4 Å². The van der Waals surface area contributed by atoms with Gasteiger partial charge in [0.25, 0.3) is 0 Å². The minimum atomic E-state index is -0.427. The fraction of sp³-hybridized carbons (Fsp3) is 0.235. The second kappa shape index (κ2) is 6.39. The van der Waals surface area contributed by atoms with E-state index in [1.54, 1.807) is 25.1 Å². The number of hydrogen-bond donors (Lipinski definition) is 2. The van der Waals surface area contributed by atoms with Crippen LogP contribution in [0.3, 0.4) is 0 Å². The van der Waals surface area contributed by atoms with Crippen molar-refractivity contribution in [1.29, 1.82) is 0 Å². The monoisotopic (exact) mass is 302 g/mol. The van der Waals surface area contributed by atoms with Crippen molar-refractivity contribution in [3.8, 4) is 23.0 Å². The van der Waals surface area contributed by atoms with Gasteiger partial charge in [-0.05, 0) is 35.9 Å². The second-order valence-electron chi connectivity index (χ2n) is 4.90. The highest BCUT2D eigenvalue weighted by Gasteiger charge is 2.20. The van der Waals surface area contributed by atoms with Crippen LogP contribution in [-0.4, -0.2) is 30.2 Å². The molecule has 22 heavy (non-hydrogen) atoms. The highest BCUT2D eigenvalue weighted by Crippen LogP contribution is 2.32. The van der Waals surface area contributed by atoms with Crippen LogP contribution in [-0.2, 0) is 0 Å². The van der Waals surface area contributed by atoms with Crippen LogP contribution < -0.4 is 9.47 Å². The Labute approximate surface area is 128 Å². The van der Waals surface area contributed by atoms with Crippen molar-refractivity contribution < 1.29 is 24.5 Å². The SMILES string of the molecule is COc1cc(C(=O)C(C)c2ccc(O)c(OC)c2)ccc1O. The lowest BCUT2D eigenvalue weighted by atomic mass is 9.92. The first kappa shape index (κ1) is 15.7. The van der Waals surface area contributed by atoms with Crippen LogP contribution in [0.25, 0.3) is 0 Å². The van der Waals surface area contributed by atoms with Crippen molar-refractivity contribution in [3.63, 3.8) is 0 Å². The quantitative estimate of drug-likeness (QED) is 0.830. The predicted octanol–water partition coefficient (Wildman–Crippen LogP) is 3.10. The van der Waals surface area contributed by atoms with Crippen molar-refractivity contribution in [2.45, 2.75) is 12.8 Å². The van der Waals surface area contributed by atoms with Crippen LogP contribution in [0, 0.1) is 0 Å². The highest BCUT2D eigenvalue weighted by atomic mass is 16.5. The predicted molar refractivity (Wildman–Crippen MR) is 82.1 cm³/mol. The van der Waals surface area contributed by atoms with E-state index in [9.17, 15) is 15.0 Å². The van der Waals surface area contributed by atoms with Crippen molar-refractivity contribution in [1.82, 2.24) is 0 Å². The number of carbonyl (C=O) groups excluding carboxylic acids is 1. The number of aromatic hydroxyl groups is 2. The molecule has 0 saturated carbocycles. The first-order valence-corrected chi connectivity index (χ1v) is 6.76. The molecule has 5 heteroatoms. The number of carbonyl (C=O) groups is 1. The Morgan fingerprint density at radius 3 is 2.09 bits per heavy atom. The molecule has 0 spiro atoms. The number of hydrogen-bond acceptors (Lipinski definition) is 5. The zero-order chi connectivity index (χ0) is 16.3. The van der Waals surface area contributed by atoms with Crippen LogP contribution in [0.1, 0.15) is 28.8 Å². The Kier molecular flexibility index (Phi) is 4.56. The first-order chi connectivity index (χ1) is 10.5. The van der Waals surface area contributed by atoms with Crippen LogP contribution in [0.4, 0.5) is 0 Å². The van der Waals surface area contributed by atoms with Gasteiger partial charge in [0.15, 0.2) is 28.8 Å². The normalized spacial score (nSPS) is 11.8. The molecule has 5 nitrogen and oxygen atoms in total. The third-order valence-corrected chi connectivity index (χ3v) is 3.56. The lowest BCUT2D eigenvalue weighted by Crippen LogP contribution is -2.10. The van der Waals surface area contributed by atoms with Gasteiger partial charge in [-0.25, -0.2) is 0 Å². The van der Waals surface area contributed by atoms with E-state index in [2.05, 4.69) is 0 Å². The Morgan fingerprint density at radius 2 is 1.50 bits per heavy atom. The molecular formula is C17H18O5. The maximum absolute atomic E-state index is 12.6. The average Bonchev–Trinajstić information content (AvgIpc) is 2.54. The maximum Gasteiger partial charge on any atom is 0.170 e. The fourth-order valence-corrected chi connectivity index (χ4v) is 2.20. The molecule has 0 aliphatic heterocycles. The highest BCUT2D eigenvalue weighted by molar-refractivity contribution is 6.01. The number of benzene rings is 2. The molecule has 2 N–H and O–H groups in total. The van der Waals surface area contributed by atoms with Crippen molar-refractivity contribution >= 4 is 5.78 Å². The first-order valence-electron chi connectivity index (χ1n) is 6.76. The number of Topliss-reactive ketones (excluding diaryl/α,β-unsaturated/α-hetero) is 1. The molecule has 0 aromatic heterocycles. The van der Waals surface area contributed by atoms with Gasteiger partial charge in [-0.1, -0.05) is 13.0 Å². The molecule has 0 aliphatic rings. The Morgan fingerprint density at radius 1 is 0.955 bits per heavy atom. The molecule has 0 fully saturated rings.